The van der Waals surface area contributed by atoms with Crippen LogP contribution in [0, 0.1) is 5.41 Å². The third kappa shape index (κ3) is 3.88. The second kappa shape index (κ2) is 7.32. The average Bonchev–Trinajstić information content (AvgIpc) is 3.04. The topological polar surface area (TPSA) is 89.3 Å². The molecule has 1 fully saturated rings. The van der Waals surface area contributed by atoms with Gasteiger partial charge in [-0.05, 0) is 32.0 Å². The molecular formula is C19H28N4O3. The fourth-order valence-electron chi connectivity index (χ4n) is 3.50. The summed E-state index contributed by atoms with van der Waals surface area (Å²) in [6.07, 6.45) is 3.51. The summed E-state index contributed by atoms with van der Waals surface area (Å²) >= 11 is 0. The second-order valence-electron chi connectivity index (χ2n) is 8.22. The van der Waals surface area contributed by atoms with Gasteiger partial charge in [0.05, 0.1) is 23.3 Å². The number of fused-ring (bicyclic) bond motifs is 1. The summed E-state index contributed by atoms with van der Waals surface area (Å²) < 4.78 is 10.7. The summed E-state index contributed by atoms with van der Waals surface area (Å²) in [7, 11) is 1.71. The molecule has 2 aromatic heterocycles. The van der Waals surface area contributed by atoms with Crippen molar-refractivity contribution in [2.45, 2.75) is 39.0 Å². The van der Waals surface area contributed by atoms with E-state index in [9.17, 15) is 4.79 Å². The highest BCUT2D eigenvalue weighted by Crippen LogP contribution is 2.30. The van der Waals surface area contributed by atoms with Crippen LogP contribution in [0.3, 0.4) is 0 Å². The maximum atomic E-state index is 12.7. The number of rotatable bonds is 5. The Morgan fingerprint density at radius 1 is 1.38 bits per heavy atom. The highest BCUT2D eigenvalue weighted by molar-refractivity contribution is 5.97. The van der Waals surface area contributed by atoms with Crippen LogP contribution in [-0.4, -0.2) is 49.4 Å². The largest absolute Gasteiger partial charge is 0.384 e. The van der Waals surface area contributed by atoms with Gasteiger partial charge < -0.3 is 19.9 Å². The Morgan fingerprint density at radius 2 is 2.12 bits per heavy atom. The fraction of sp³-hybridized carbons (Fsp3) is 0.632. The number of piperidine rings is 1. The molecule has 0 saturated carbocycles. The van der Waals surface area contributed by atoms with Crippen LogP contribution in [0.4, 0.5) is 0 Å². The van der Waals surface area contributed by atoms with E-state index < -0.39 is 0 Å². The van der Waals surface area contributed by atoms with Gasteiger partial charge in [-0.25, -0.2) is 4.98 Å². The number of hydrogen-bond acceptors (Lipinski definition) is 6. The van der Waals surface area contributed by atoms with Crippen molar-refractivity contribution >= 4 is 17.0 Å². The van der Waals surface area contributed by atoms with E-state index in [4.69, 9.17) is 9.26 Å². The molecule has 0 bridgehead atoms. The lowest BCUT2D eigenvalue weighted by atomic mass is 9.79. The van der Waals surface area contributed by atoms with Crippen molar-refractivity contribution < 1.29 is 14.1 Å². The summed E-state index contributed by atoms with van der Waals surface area (Å²) in [6.45, 7) is 9.31. The highest BCUT2D eigenvalue weighted by Gasteiger charge is 2.32. The van der Waals surface area contributed by atoms with E-state index in [0.29, 0.717) is 24.4 Å². The van der Waals surface area contributed by atoms with Gasteiger partial charge in [0.2, 0.25) is 0 Å². The van der Waals surface area contributed by atoms with Crippen LogP contribution in [-0.2, 0) is 10.2 Å². The van der Waals surface area contributed by atoms with Crippen LogP contribution in [0.1, 0.15) is 49.7 Å². The van der Waals surface area contributed by atoms with Crippen LogP contribution in [0.2, 0.25) is 0 Å². The first-order chi connectivity index (χ1) is 12.3. The number of hydrogen-bond donors (Lipinski definition) is 2. The van der Waals surface area contributed by atoms with Crippen molar-refractivity contribution in [2.24, 2.45) is 5.41 Å². The molecule has 0 unspecified atom stereocenters. The van der Waals surface area contributed by atoms with E-state index in [0.717, 1.165) is 37.0 Å². The van der Waals surface area contributed by atoms with Crippen molar-refractivity contribution in [3.05, 3.63) is 23.5 Å². The molecule has 7 nitrogen and oxygen atoms in total. The number of carbonyl (C=O) groups excluding carboxylic acids is 1. The maximum absolute atomic E-state index is 12.7. The van der Waals surface area contributed by atoms with Gasteiger partial charge >= 0.3 is 0 Å². The van der Waals surface area contributed by atoms with Gasteiger partial charge in [0.1, 0.15) is 0 Å². The molecular weight excluding hydrogens is 332 g/mol. The SMILES string of the molecule is COCC1(CNC(=O)c2cnc3onc(C(C)(C)C)c3c2)CCNCC1. The number of ether oxygens (including phenoxy) is 1. The molecule has 1 aliphatic heterocycles. The molecule has 0 radical (unpaired) electrons. The predicted octanol–water partition coefficient (Wildman–Crippen LogP) is 2.27. The highest BCUT2D eigenvalue weighted by atomic mass is 16.5. The molecule has 1 amide bonds. The van der Waals surface area contributed by atoms with Gasteiger partial charge in [-0.15, -0.1) is 0 Å². The molecule has 0 aromatic carbocycles. The Morgan fingerprint density at radius 3 is 2.77 bits per heavy atom. The summed E-state index contributed by atoms with van der Waals surface area (Å²) in [5.41, 5.74) is 1.60. The van der Waals surface area contributed by atoms with Crippen LogP contribution in [0.15, 0.2) is 16.8 Å². The number of amides is 1. The van der Waals surface area contributed by atoms with Crippen molar-refractivity contribution in [3.63, 3.8) is 0 Å². The zero-order valence-electron chi connectivity index (χ0n) is 16.0. The Balaban J connectivity index is 1.77. The quantitative estimate of drug-likeness (QED) is 0.850. The first-order valence-corrected chi connectivity index (χ1v) is 9.08. The minimum absolute atomic E-state index is 0.0129. The summed E-state index contributed by atoms with van der Waals surface area (Å²) in [5.74, 6) is -0.130. The number of nitrogens with one attached hydrogen (secondary N) is 2. The fourth-order valence-corrected chi connectivity index (χ4v) is 3.50. The lowest BCUT2D eigenvalue weighted by Crippen LogP contribution is -2.47. The Kier molecular flexibility index (Phi) is 5.29. The Bertz CT molecular complexity index is 767. The molecule has 1 saturated heterocycles. The molecule has 2 N–H and O–H groups in total. The summed E-state index contributed by atoms with van der Waals surface area (Å²) in [4.78, 5) is 17.0. The van der Waals surface area contributed by atoms with Crippen molar-refractivity contribution in [3.8, 4) is 0 Å². The summed E-state index contributed by atoms with van der Waals surface area (Å²) in [6, 6.07) is 1.82. The number of carbonyl (C=O) groups is 1. The van der Waals surface area contributed by atoms with Gasteiger partial charge in [0.25, 0.3) is 11.6 Å². The number of aromatic nitrogens is 2. The monoisotopic (exact) mass is 360 g/mol. The molecule has 3 rings (SSSR count). The molecule has 0 aliphatic carbocycles. The molecule has 2 aromatic rings. The van der Waals surface area contributed by atoms with Gasteiger partial charge in [0.15, 0.2) is 0 Å². The third-order valence-corrected chi connectivity index (χ3v) is 5.04. The lowest BCUT2D eigenvalue weighted by Gasteiger charge is -2.37. The van der Waals surface area contributed by atoms with E-state index in [-0.39, 0.29) is 16.7 Å². The zero-order chi connectivity index (χ0) is 18.8. The minimum atomic E-state index is -0.181. The van der Waals surface area contributed by atoms with E-state index in [2.05, 4.69) is 41.5 Å². The second-order valence-corrected chi connectivity index (χ2v) is 8.22. The van der Waals surface area contributed by atoms with Crippen LogP contribution in [0.5, 0.6) is 0 Å². The van der Waals surface area contributed by atoms with Gasteiger partial charge in [0, 0.05) is 30.7 Å². The van der Waals surface area contributed by atoms with Crippen LogP contribution < -0.4 is 10.6 Å². The first-order valence-electron chi connectivity index (χ1n) is 9.08. The van der Waals surface area contributed by atoms with Crippen molar-refractivity contribution in [1.29, 1.82) is 0 Å². The van der Waals surface area contributed by atoms with E-state index >= 15 is 0 Å². The summed E-state index contributed by atoms with van der Waals surface area (Å²) in [5, 5.41) is 11.4. The maximum Gasteiger partial charge on any atom is 0.257 e. The molecule has 7 heteroatoms. The molecule has 0 spiro atoms. The Labute approximate surface area is 153 Å². The molecule has 3 heterocycles. The molecule has 0 atom stereocenters. The first kappa shape index (κ1) is 18.8. The van der Waals surface area contributed by atoms with Gasteiger partial charge in [-0.2, -0.15) is 0 Å². The van der Waals surface area contributed by atoms with Gasteiger partial charge in [-0.1, -0.05) is 25.9 Å². The minimum Gasteiger partial charge on any atom is -0.384 e. The third-order valence-electron chi connectivity index (χ3n) is 5.04. The van der Waals surface area contributed by atoms with Crippen LogP contribution in [0.25, 0.3) is 11.1 Å². The van der Waals surface area contributed by atoms with E-state index in [1.807, 2.05) is 6.07 Å². The molecule has 142 valence electrons. The number of pyridine rings is 1. The number of nitrogens with zero attached hydrogens (tertiary/aromatic N) is 2. The van der Waals surface area contributed by atoms with Crippen LogP contribution >= 0.6 is 0 Å². The van der Waals surface area contributed by atoms with Gasteiger partial charge in [-0.3, -0.25) is 4.79 Å². The zero-order valence-corrected chi connectivity index (χ0v) is 16.0. The average molecular weight is 360 g/mol. The smallest absolute Gasteiger partial charge is 0.257 e. The van der Waals surface area contributed by atoms with Crippen molar-refractivity contribution in [1.82, 2.24) is 20.8 Å². The lowest BCUT2D eigenvalue weighted by molar-refractivity contribution is 0.0511. The normalized spacial score (nSPS) is 17.4. The molecule has 26 heavy (non-hydrogen) atoms. The Hall–Kier alpha value is -1.99. The predicted molar refractivity (Wildman–Crippen MR) is 99.2 cm³/mol. The number of methoxy groups -OCH3 is 1. The standard InChI is InChI=1S/C19H28N4O3/c1-18(2,3)15-14-9-13(10-21-17(14)26-23-15)16(24)22-11-19(12-25-4)5-7-20-8-6-19/h9-10,20H,5-8,11-12H2,1-4H3,(H,22,24). The van der Waals surface area contributed by atoms with Crippen molar-refractivity contribution in [2.75, 3.05) is 33.4 Å². The van der Waals surface area contributed by atoms with E-state index in [1.54, 1.807) is 13.3 Å². The molecule has 1 aliphatic rings. The van der Waals surface area contributed by atoms with E-state index in [1.165, 1.54) is 0 Å².